The molecule has 2 aliphatic rings. The minimum atomic E-state index is -0.393. The monoisotopic (exact) mass is 380 g/mol. The fourth-order valence-electron chi connectivity index (χ4n) is 3.55. The van der Waals surface area contributed by atoms with Crippen molar-refractivity contribution in [1.29, 1.82) is 0 Å². The van der Waals surface area contributed by atoms with Gasteiger partial charge in [0.05, 0.1) is 6.04 Å². The van der Waals surface area contributed by atoms with Crippen molar-refractivity contribution in [1.82, 2.24) is 15.2 Å². The maximum atomic E-state index is 12.3. The van der Waals surface area contributed by atoms with E-state index in [1.165, 1.54) is 0 Å². The highest BCUT2D eigenvalue weighted by molar-refractivity contribution is 5.77. The second-order valence-electron chi connectivity index (χ2n) is 7.32. The van der Waals surface area contributed by atoms with Gasteiger partial charge in [0.2, 0.25) is 5.91 Å². The number of hydrogen-bond acceptors (Lipinski definition) is 5. The molecule has 0 unspecified atom stereocenters. The lowest BCUT2D eigenvalue weighted by atomic mass is 9.92. The van der Waals surface area contributed by atoms with Crippen LogP contribution in [0.25, 0.3) is 0 Å². The summed E-state index contributed by atoms with van der Waals surface area (Å²) in [6, 6.07) is 14.2. The average molecular weight is 380 g/mol. The highest BCUT2D eigenvalue weighted by atomic mass is 16.6. The van der Waals surface area contributed by atoms with Gasteiger partial charge in [-0.3, -0.25) is 4.79 Å². The van der Waals surface area contributed by atoms with Crippen molar-refractivity contribution in [2.24, 2.45) is 0 Å². The number of anilines is 2. The lowest BCUT2D eigenvalue weighted by molar-refractivity contribution is -0.135. The molecule has 4 rings (SSSR count). The van der Waals surface area contributed by atoms with E-state index in [2.05, 4.69) is 16.4 Å². The van der Waals surface area contributed by atoms with Crippen molar-refractivity contribution >= 4 is 23.5 Å². The van der Waals surface area contributed by atoms with Gasteiger partial charge in [0.1, 0.15) is 12.4 Å². The topological polar surface area (TPSA) is 74.8 Å². The van der Waals surface area contributed by atoms with Gasteiger partial charge in [-0.15, -0.1) is 0 Å². The van der Waals surface area contributed by atoms with Crippen LogP contribution in [0.5, 0.6) is 0 Å². The summed E-state index contributed by atoms with van der Waals surface area (Å²) in [7, 11) is 2.00. The van der Waals surface area contributed by atoms with Crippen LogP contribution in [0.4, 0.5) is 16.3 Å². The Morgan fingerprint density at radius 3 is 2.68 bits per heavy atom. The first kappa shape index (κ1) is 18.3. The molecule has 0 spiro atoms. The van der Waals surface area contributed by atoms with Gasteiger partial charge in [0.25, 0.3) is 0 Å². The second kappa shape index (κ2) is 7.88. The quantitative estimate of drug-likeness (QED) is 0.834. The van der Waals surface area contributed by atoms with E-state index >= 15 is 0 Å². The predicted octanol–water partition coefficient (Wildman–Crippen LogP) is 2.66. The zero-order chi connectivity index (χ0) is 19.5. The standard InChI is InChI=1S/C21H24N4O3/c1-24(18-5-3-2-4-6-18)19-9-7-15(11-22-19)16-12-25(13-16)20(26)10-8-17-14-28-21(27)23-17/h2-7,9,11,16-17H,8,10,12-14H2,1H3,(H,23,27)/t17-/m1/s1. The number of pyridine rings is 1. The van der Waals surface area contributed by atoms with Crippen molar-refractivity contribution < 1.29 is 14.3 Å². The molecule has 0 radical (unpaired) electrons. The van der Waals surface area contributed by atoms with Gasteiger partial charge >= 0.3 is 6.09 Å². The summed E-state index contributed by atoms with van der Waals surface area (Å²) in [6.07, 6.45) is 2.57. The van der Waals surface area contributed by atoms with Crippen LogP contribution in [0.1, 0.15) is 24.3 Å². The summed E-state index contributed by atoms with van der Waals surface area (Å²) >= 11 is 0. The van der Waals surface area contributed by atoms with E-state index in [0.29, 0.717) is 25.4 Å². The summed E-state index contributed by atoms with van der Waals surface area (Å²) in [6.45, 7) is 1.80. The highest BCUT2D eigenvalue weighted by Gasteiger charge is 2.32. The molecular weight excluding hydrogens is 356 g/mol. The molecule has 1 N–H and O–H groups in total. The number of nitrogens with one attached hydrogen (secondary N) is 1. The zero-order valence-corrected chi connectivity index (χ0v) is 15.9. The van der Waals surface area contributed by atoms with Crippen molar-refractivity contribution in [3.63, 3.8) is 0 Å². The van der Waals surface area contributed by atoms with Crippen LogP contribution in [-0.2, 0) is 9.53 Å². The van der Waals surface area contributed by atoms with Gasteiger partial charge in [-0.1, -0.05) is 24.3 Å². The van der Waals surface area contributed by atoms with E-state index in [0.717, 1.165) is 30.2 Å². The molecule has 28 heavy (non-hydrogen) atoms. The van der Waals surface area contributed by atoms with Crippen molar-refractivity contribution in [3.8, 4) is 0 Å². The molecule has 1 aromatic carbocycles. The van der Waals surface area contributed by atoms with Crippen LogP contribution in [0.3, 0.4) is 0 Å². The number of carbonyl (C=O) groups is 2. The molecule has 2 fully saturated rings. The normalized spacial score (nSPS) is 19.0. The number of likely N-dealkylation sites (tertiary alicyclic amines) is 1. The van der Waals surface area contributed by atoms with Crippen molar-refractivity contribution in [2.75, 3.05) is 31.6 Å². The Morgan fingerprint density at radius 1 is 1.25 bits per heavy atom. The number of alkyl carbamates (subject to hydrolysis) is 1. The molecule has 0 bridgehead atoms. The fraction of sp³-hybridized carbons (Fsp3) is 0.381. The van der Waals surface area contributed by atoms with Crippen LogP contribution in [0, 0.1) is 0 Å². The molecular formula is C21H24N4O3. The van der Waals surface area contributed by atoms with Crippen molar-refractivity contribution in [3.05, 3.63) is 54.2 Å². The first-order chi connectivity index (χ1) is 13.6. The van der Waals surface area contributed by atoms with Gasteiger partial charge in [-0.05, 0) is 30.2 Å². The molecule has 7 nitrogen and oxygen atoms in total. The minimum absolute atomic E-state index is 0.0492. The maximum absolute atomic E-state index is 12.3. The summed E-state index contributed by atoms with van der Waals surface area (Å²) in [5.74, 6) is 1.36. The Balaban J connectivity index is 1.26. The Bertz CT molecular complexity index is 834. The maximum Gasteiger partial charge on any atom is 0.407 e. The Hall–Kier alpha value is -3.09. The number of amides is 2. The summed E-state index contributed by atoms with van der Waals surface area (Å²) in [5.41, 5.74) is 2.25. The summed E-state index contributed by atoms with van der Waals surface area (Å²) in [5, 5.41) is 2.70. The Morgan fingerprint density at radius 2 is 2.04 bits per heavy atom. The third-order valence-corrected chi connectivity index (χ3v) is 5.41. The smallest absolute Gasteiger partial charge is 0.407 e. The number of carbonyl (C=O) groups excluding carboxylic acids is 2. The van der Waals surface area contributed by atoms with Crippen LogP contribution in [-0.4, -0.2) is 54.7 Å². The molecule has 0 saturated carbocycles. The Labute approximate surface area is 164 Å². The average Bonchev–Trinajstić information content (AvgIpc) is 3.11. The third kappa shape index (κ3) is 3.93. The second-order valence-corrected chi connectivity index (χ2v) is 7.32. The molecule has 0 aliphatic carbocycles. The van der Waals surface area contributed by atoms with Crippen LogP contribution < -0.4 is 10.2 Å². The van der Waals surface area contributed by atoms with E-state index in [1.54, 1.807) is 0 Å². The molecule has 1 aromatic heterocycles. The fourth-order valence-corrected chi connectivity index (χ4v) is 3.55. The van der Waals surface area contributed by atoms with E-state index < -0.39 is 6.09 Å². The number of hydrogen-bond donors (Lipinski definition) is 1. The molecule has 146 valence electrons. The predicted molar refractivity (Wildman–Crippen MR) is 106 cm³/mol. The summed E-state index contributed by atoms with van der Waals surface area (Å²) in [4.78, 5) is 31.8. The van der Waals surface area contributed by atoms with Crippen molar-refractivity contribution in [2.45, 2.75) is 24.8 Å². The molecule has 2 aromatic rings. The molecule has 1 atom stereocenters. The van der Waals surface area contributed by atoms with E-state index in [9.17, 15) is 9.59 Å². The van der Waals surface area contributed by atoms with Crippen LogP contribution >= 0.6 is 0 Å². The molecule has 2 aliphatic heterocycles. The molecule has 7 heteroatoms. The van der Waals surface area contributed by atoms with E-state index in [-0.39, 0.29) is 11.9 Å². The first-order valence-electron chi connectivity index (χ1n) is 9.56. The van der Waals surface area contributed by atoms with Crippen LogP contribution in [0.2, 0.25) is 0 Å². The van der Waals surface area contributed by atoms with Gasteiger partial charge < -0.3 is 19.9 Å². The van der Waals surface area contributed by atoms with E-state index in [4.69, 9.17) is 4.74 Å². The lowest BCUT2D eigenvalue weighted by Crippen LogP contribution is -2.48. The first-order valence-corrected chi connectivity index (χ1v) is 9.56. The number of ether oxygens (including phenoxy) is 1. The number of cyclic esters (lactones) is 1. The number of para-hydroxylation sites is 1. The SMILES string of the molecule is CN(c1ccccc1)c1ccc(C2CN(C(=O)CC[C@@H]3COC(=O)N3)C2)cn1. The number of aromatic nitrogens is 1. The van der Waals surface area contributed by atoms with Gasteiger partial charge in [0.15, 0.2) is 0 Å². The molecule has 3 heterocycles. The highest BCUT2D eigenvalue weighted by Crippen LogP contribution is 2.29. The largest absolute Gasteiger partial charge is 0.447 e. The number of benzene rings is 1. The Kier molecular flexibility index (Phi) is 5.14. The van der Waals surface area contributed by atoms with Crippen LogP contribution in [0.15, 0.2) is 48.7 Å². The number of nitrogens with zero attached hydrogens (tertiary/aromatic N) is 3. The summed E-state index contributed by atoms with van der Waals surface area (Å²) < 4.78 is 4.84. The molecule has 2 amide bonds. The zero-order valence-electron chi connectivity index (χ0n) is 15.9. The van der Waals surface area contributed by atoms with Gasteiger partial charge in [0, 0.05) is 44.4 Å². The minimum Gasteiger partial charge on any atom is -0.447 e. The van der Waals surface area contributed by atoms with E-state index in [1.807, 2.05) is 59.4 Å². The lowest BCUT2D eigenvalue weighted by Gasteiger charge is -2.39. The molecule has 2 saturated heterocycles. The van der Waals surface area contributed by atoms with Gasteiger partial charge in [-0.25, -0.2) is 9.78 Å². The third-order valence-electron chi connectivity index (χ3n) is 5.41. The van der Waals surface area contributed by atoms with Gasteiger partial charge in [-0.2, -0.15) is 0 Å². The number of rotatable bonds is 6.